The van der Waals surface area contributed by atoms with E-state index in [1.165, 1.54) is 6.92 Å². The molecule has 1 rings (SSSR count). The molecule has 0 N–H and O–H groups in total. The van der Waals surface area contributed by atoms with Crippen LogP contribution in [-0.4, -0.2) is 68.2 Å². The van der Waals surface area contributed by atoms with E-state index in [-0.39, 0.29) is 25.9 Å². The van der Waals surface area contributed by atoms with Crippen LogP contribution in [0.1, 0.15) is 40.0 Å². The van der Waals surface area contributed by atoms with Crippen LogP contribution in [0.25, 0.3) is 0 Å². The molecular weight excluding hydrogens is 404 g/mol. The first-order chi connectivity index (χ1) is 14.2. The Morgan fingerprint density at radius 3 is 1.80 bits per heavy atom. The molecule has 4 atom stereocenters. The van der Waals surface area contributed by atoms with E-state index < -0.39 is 54.4 Å². The molecule has 1 heterocycles. The maximum absolute atomic E-state index is 12.0. The Kier molecular flexibility index (Phi) is 10.5. The van der Waals surface area contributed by atoms with E-state index in [9.17, 15) is 24.0 Å². The SMILES string of the molecule is CCC(=O)O[C@H]1[C@H](OC(=O)/C=C/C(=O)OC)OC[C@@H](OC(=O)CC)[C@H]1OC(=O)CC. The molecule has 1 aliphatic heterocycles. The topological polar surface area (TPSA) is 141 Å². The molecule has 30 heavy (non-hydrogen) atoms. The summed E-state index contributed by atoms with van der Waals surface area (Å²) in [5, 5.41) is 0. The van der Waals surface area contributed by atoms with Crippen molar-refractivity contribution in [1.82, 2.24) is 0 Å². The largest absolute Gasteiger partial charge is 0.466 e. The minimum atomic E-state index is -1.47. The smallest absolute Gasteiger partial charge is 0.333 e. The predicted molar refractivity (Wildman–Crippen MR) is 97.5 cm³/mol. The van der Waals surface area contributed by atoms with Gasteiger partial charge in [0.1, 0.15) is 0 Å². The zero-order chi connectivity index (χ0) is 22.7. The van der Waals surface area contributed by atoms with E-state index >= 15 is 0 Å². The van der Waals surface area contributed by atoms with Crippen LogP contribution < -0.4 is 0 Å². The maximum atomic E-state index is 12.0. The van der Waals surface area contributed by atoms with Crippen LogP contribution in [-0.2, 0) is 52.4 Å². The van der Waals surface area contributed by atoms with Gasteiger partial charge in [0.05, 0.1) is 13.7 Å². The second-order valence-electron chi connectivity index (χ2n) is 5.99. The van der Waals surface area contributed by atoms with Crippen LogP contribution in [0.5, 0.6) is 0 Å². The Balaban J connectivity index is 3.11. The molecule has 11 heteroatoms. The summed E-state index contributed by atoms with van der Waals surface area (Å²) in [6.45, 7) is 4.38. The van der Waals surface area contributed by atoms with Gasteiger partial charge in [-0.15, -0.1) is 0 Å². The third-order valence-corrected chi connectivity index (χ3v) is 3.86. The first-order valence-electron chi connectivity index (χ1n) is 9.42. The van der Waals surface area contributed by atoms with Crippen LogP contribution in [0, 0.1) is 0 Å². The first-order valence-corrected chi connectivity index (χ1v) is 9.42. The van der Waals surface area contributed by atoms with Gasteiger partial charge in [-0.25, -0.2) is 9.59 Å². The van der Waals surface area contributed by atoms with E-state index in [0.29, 0.717) is 0 Å². The molecule has 0 saturated carbocycles. The van der Waals surface area contributed by atoms with Crippen LogP contribution in [0.2, 0.25) is 0 Å². The number of methoxy groups -OCH3 is 1. The summed E-state index contributed by atoms with van der Waals surface area (Å²) in [4.78, 5) is 58.7. The summed E-state index contributed by atoms with van der Waals surface area (Å²) in [7, 11) is 1.13. The average molecular weight is 430 g/mol. The van der Waals surface area contributed by atoms with Crippen LogP contribution >= 0.6 is 0 Å². The summed E-state index contributed by atoms with van der Waals surface area (Å²) < 4.78 is 30.7. The van der Waals surface area contributed by atoms with Crippen molar-refractivity contribution in [2.24, 2.45) is 0 Å². The second-order valence-corrected chi connectivity index (χ2v) is 5.99. The summed E-state index contributed by atoms with van der Waals surface area (Å²) in [5.74, 6) is -3.69. The normalized spacial score (nSPS) is 23.3. The van der Waals surface area contributed by atoms with Crippen molar-refractivity contribution in [3.05, 3.63) is 12.2 Å². The van der Waals surface area contributed by atoms with Gasteiger partial charge in [-0.1, -0.05) is 20.8 Å². The van der Waals surface area contributed by atoms with Gasteiger partial charge in [-0.05, 0) is 0 Å². The number of rotatable bonds is 9. The highest BCUT2D eigenvalue weighted by Crippen LogP contribution is 2.26. The van der Waals surface area contributed by atoms with Crippen molar-refractivity contribution in [2.45, 2.75) is 64.6 Å². The molecule has 1 aliphatic rings. The molecule has 0 aromatic rings. The lowest BCUT2D eigenvalue weighted by Gasteiger charge is -2.39. The van der Waals surface area contributed by atoms with Crippen molar-refractivity contribution in [3.63, 3.8) is 0 Å². The Morgan fingerprint density at radius 1 is 0.767 bits per heavy atom. The number of carbonyl (C=O) groups is 5. The molecule has 11 nitrogen and oxygen atoms in total. The Labute approximate surface area is 173 Å². The third-order valence-electron chi connectivity index (χ3n) is 3.86. The van der Waals surface area contributed by atoms with E-state index in [4.69, 9.17) is 23.7 Å². The van der Waals surface area contributed by atoms with Crippen molar-refractivity contribution >= 4 is 29.8 Å². The third kappa shape index (κ3) is 7.82. The molecule has 1 saturated heterocycles. The second kappa shape index (κ2) is 12.6. The van der Waals surface area contributed by atoms with Crippen molar-refractivity contribution in [3.8, 4) is 0 Å². The average Bonchev–Trinajstić information content (AvgIpc) is 2.74. The Hall–Kier alpha value is -2.95. The monoisotopic (exact) mass is 430 g/mol. The fourth-order valence-electron chi connectivity index (χ4n) is 2.29. The molecule has 0 radical (unpaired) electrons. The maximum Gasteiger partial charge on any atom is 0.333 e. The summed E-state index contributed by atoms with van der Waals surface area (Å²) in [6, 6.07) is 0. The van der Waals surface area contributed by atoms with Gasteiger partial charge >= 0.3 is 29.8 Å². The van der Waals surface area contributed by atoms with Crippen LogP contribution in [0.3, 0.4) is 0 Å². The lowest BCUT2D eigenvalue weighted by molar-refractivity contribution is -0.273. The number of ether oxygens (including phenoxy) is 6. The lowest BCUT2D eigenvalue weighted by Crippen LogP contribution is -2.58. The predicted octanol–water partition coefficient (Wildman–Crippen LogP) is 0.581. The quantitative estimate of drug-likeness (QED) is 0.288. The van der Waals surface area contributed by atoms with Crippen LogP contribution in [0.15, 0.2) is 12.2 Å². The van der Waals surface area contributed by atoms with Crippen molar-refractivity contribution < 1.29 is 52.4 Å². The van der Waals surface area contributed by atoms with Gasteiger partial charge in [0.25, 0.3) is 0 Å². The molecular formula is C19H26O11. The Morgan fingerprint density at radius 2 is 1.27 bits per heavy atom. The van der Waals surface area contributed by atoms with E-state index in [1.54, 1.807) is 13.8 Å². The highest BCUT2D eigenvalue weighted by Gasteiger charge is 2.49. The minimum Gasteiger partial charge on any atom is -0.466 e. The summed E-state index contributed by atoms with van der Waals surface area (Å²) in [5.41, 5.74) is 0. The van der Waals surface area contributed by atoms with Gasteiger partial charge in [0.15, 0.2) is 12.2 Å². The molecule has 0 aliphatic carbocycles. The van der Waals surface area contributed by atoms with Crippen molar-refractivity contribution in [1.29, 1.82) is 0 Å². The van der Waals surface area contributed by atoms with Crippen molar-refractivity contribution in [2.75, 3.05) is 13.7 Å². The van der Waals surface area contributed by atoms with E-state index in [1.807, 2.05) is 0 Å². The molecule has 168 valence electrons. The van der Waals surface area contributed by atoms with Gasteiger partial charge in [0, 0.05) is 31.4 Å². The zero-order valence-corrected chi connectivity index (χ0v) is 17.3. The number of carbonyl (C=O) groups excluding carboxylic acids is 5. The highest BCUT2D eigenvalue weighted by molar-refractivity contribution is 5.91. The number of esters is 5. The zero-order valence-electron chi connectivity index (χ0n) is 17.3. The molecule has 0 bridgehead atoms. The summed E-state index contributed by atoms with van der Waals surface area (Å²) >= 11 is 0. The number of hydrogen-bond acceptors (Lipinski definition) is 11. The number of hydrogen-bond donors (Lipinski definition) is 0. The first kappa shape index (κ1) is 25.1. The standard InChI is InChI=1S/C19H26O11/c1-5-12(20)27-11-10-26-19(30-16(24)9-8-15(23)25-4)18(29-14(22)7-3)17(11)28-13(21)6-2/h8-9,11,17-19H,5-7,10H2,1-4H3/b9-8+/t11-,17-,18-,19+/m1/s1. The molecule has 0 unspecified atom stereocenters. The lowest BCUT2D eigenvalue weighted by atomic mass is 10.0. The molecule has 0 amide bonds. The molecule has 0 aromatic carbocycles. The molecule has 0 aromatic heterocycles. The van der Waals surface area contributed by atoms with Gasteiger partial charge in [-0.3, -0.25) is 14.4 Å². The van der Waals surface area contributed by atoms with E-state index in [2.05, 4.69) is 4.74 Å². The van der Waals surface area contributed by atoms with Crippen LogP contribution in [0.4, 0.5) is 0 Å². The van der Waals surface area contributed by atoms with E-state index in [0.717, 1.165) is 19.3 Å². The highest BCUT2D eigenvalue weighted by atomic mass is 16.7. The molecule has 1 fully saturated rings. The molecule has 0 spiro atoms. The fraction of sp³-hybridized carbons (Fsp3) is 0.632. The Bertz CT molecular complexity index is 669. The minimum absolute atomic E-state index is 0.00651. The van der Waals surface area contributed by atoms with Gasteiger partial charge < -0.3 is 28.4 Å². The summed E-state index contributed by atoms with van der Waals surface area (Å²) in [6.07, 6.45) is -3.54. The fourth-order valence-corrected chi connectivity index (χ4v) is 2.29. The van der Waals surface area contributed by atoms with Gasteiger partial charge in [-0.2, -0.15) is 0 Å². The van der Waals surface area contributed by atoms with Gasteiger partial charge in [0.2, 0.25) is 12.4 Å².